The quantitative estimate of drug-likeness (QED) is 0.383. The van der Waals surface area contributed by atoms with Crippen molar-refractivity contribution in [2.24, 2.45) is 11.8 Å². The normalized spacial score (nSPS) is 27.1. The number of halogens is 1. The second-order valence-electron chi connectivity index (χ2n) is 5.88. The van der Waals surface area contributed by atoms with Crippen LogP contribution in [-0.2, 0) is 0 Å². The van der Waals surface area contributed by atoms with Crippen LogP contribution in [0.1, 0.15) is 39.5 Å². The summed E-state index contributed by atoms with van der Waals surface area (Å²) in [6, 6.07) is 0.752. The van der Waals surface area contributed by atoms with Gasteiger partial charge in [-0.2, -0.15) is 0 Å². The van der Waals surface area contributed by atoms with Crippen molar-refractivity contribution in [3.05, 3.63) is 0 Å². The number of hydrogen-bond donors (Lipinski definition) is 0. The number of likely N-dealkylation sites (tertiary alicyclic amines) is 1. The maximum atomic E-state index is 2.72. The summed E-state index contributed by atoms with van der Waals surface area (Å²) in [5.41, 5.74) is 0. The Bertz CT molecular complexity index is 216. The number of alkyl halides is 1. The molecule has 2 aliphatic rings. The van der Waals surface area contributed by atoms with Gasteiger partial charge >= 0.3 is 118 Å². The van der Waals surface area contributed by atoms with Gasteiger partial charge in [0.25, 0.3) is 0 Å². The van der Waals surface area contributed by atoms with Crippen molar-refractivity contribution in [3.63, 3.8) is 0 Å². The Morgan fingerprint density at radius 1 is 0.882 bits per heavy atom. The molecule has 2 aliphatic heterocycles. The number of piperidine rings is 2. The van der Waals surface area contributed by atoms with Crippen LogP contribution < -0.4 is 21.5 Å². The van der Waals surface area contributed by atoms with E-state index in [2.05, 4.69) is 26.8 Å². The molecule has 0 spiro atoms. The van der Waals surface area contributed by atoms with Gasteiger partial charge in [-0.15, -0.1) is 0 Å². The minimum atomic E-state index is 0.357. The summed E-state index contributed by atoms with van der Waals surface area (Å²) in [5, 5.41) is 0. The van der Waals surface area contributed by atoms with Gasteiger partial charge in [-0.25, -0.2) is 0 Å². The summed E-state index contributed by atoms with van der Waals surface area (Å²) in [4.78, 5) is 5.06. The van der Waals surface area contributed by atoms with Crippen LogP contribution in [0.3, 0.4) is 0 Å². The van der Waals surface area contributed by atoms with Crippen LogP contribution in [0.25, 0.3) is 0 Å². The molecule has 2 nitrogen and oxygen atoms in total. The molecule has 2 fully saturated rings. The van der Waals surface area contributed by atoms with Crippen molar-refractivity contribution in [2.45, 2.75) is 45.6 Å². The van der Waals surface area contributed by atoms with Gasteiger partial charge in [0.2, 0.25) is 0 Å². The van der Waals surface area contributed by atoms with Gasteiger partial charge in [-0.1, -0.05) is 0 Å². The maximum absolute atomic E-state index is 2.72. The van der Waals surface area contributed by atoms with Gasteiger partial charge in [0, 0.05) is 0 Å². The molecule has 0 bridgehead atoms. The molecule has 0 atom stereocenters. The first-order chi connectivity index (χ1) is 8.20. The van der Waals surface area contributed by atoms with Crippen LogP contribution >= 0.6 is 0 Å². The van der Waals surface area contributed by atoms with Crippen LogP contribution in [0.5, 0.6) is 0 Å². The Kier molecular flexibility index (Phi) is 5.55. The van der Waals surface area contributed by atoms with E-state index in [1.54, 1.807) is 0 Å². The molecule has 102 valence electrons. The monoisotopic (exact) mass is 351 g/mol. The third-order valence-corrected chi connectivity index (χ3v) is 7.02. The second kappa shape index (κ2) is 6.71. The summed E-state index contributed by atoms with van der Waals surface area (Å²) in [7, 11) is 0. The molecule has 0 radical (unpaired) electrons. The Labute approximate surface area is 118 Å². The fraction of sp³-hybridized carbons (Fsp3) is 1.00. The van der Waals surface area contributed by atoms with E-state index >= 15 is 0 Å². The van der Waals surface area contributed by atoms with E-state index in [-0.39, 0.29) is 0 Å². The zero-order valence-corrected chi connectivity index (χ0v) is 13.8. The van der Waals surface area contributed by atoms with Gasteiger partial charge in [-0.05, 0) is 0 Å². The molecule has 2 rings (SSSR count). The summed E-state index contributed by atoms with van der Waals surface area (Å²) >= 11 is 0.357. The van der Waals surface area contributed by atoms with Crippen LogP contribution in [-0.4, -0.2) is 45.2 Å². The number of rotatable bonds is 3. The topological polar surface area (TPSA) is 6.48 Å². The molecule has 0 amide bonds. The second-order valence-corrected chi connectivity index (χ2v) is 8.21. The molecule has 17 heavy (non-hydrogen) atoms. The molecule has 0 aliphatic carbocycles. The van der Waals surface area contributed by atoms with Crippen LogP contribution in [0.15, 0.2) is 0 Å². The van der Waals surface area contributed by atoms with Crippen molar-refractivity contribution in [1.29, 1.82) is 0 Å². The Balaban J connectivity index is 1.74. The van der Waals surface area contributed by atoms with E-state index in [1.807, 2.05) is 0 Å². The van der Waals surface area contributed by atoms with Crippen molar-refractivity contribution in [1.82, 2.24) is 8.01 Å². The van der Waals surface area contributed by atoms with Gasteiger partial charge < -0.3 is 0 Å². The van der Waals surface area contributed by atoms with Crippen molar-refractivity contribution in [2.75, 3.05) is 31.1 Å². The molecule has 2 heterocycles. The first kappa shape index (κ1) is 14.1. The van der Waals surface area contributed by atoms with Crippen LogP contribution in [0.2, 0.25) is 0 Å². The minimum absolute atomic E-state index is 0.357. The summed E-state index contributed by atoms with van der Waals surface area (Å²) in [6.45, 7) is 10.2. The van der Waals surface area contributed by atoms with E-state index in [4.69, 9.17) is 0 Å². The van der Waals surface area contributed by atoms with E-state index in [9.17, 15) is 0 Å². The third-order valence-electron chi connectivity index (χ3n) is 4.70. The van der Waals surface area contributed by atoms with E-state index < -0.39 is 0 Å². The molecule has 0 aromatic heterocycles. The molecule has 0 unspecified atom stereocenters. The average Bonchev–Trinajstić information content (AvgIpc) is 2.39. The molecule has 0 N–H and O–H groups in total. The predicted octanol–water partition coefficient (Wildman–Crippen LogP) is -0.547. The fourth-order valence-electron chi connectivity index (χ4n) is 3.42. The van der Waals surface area contributed by atoms with Crippen LogP contribution in [0.4, 0.5) is 0 Å². The fourth-order valence-corrected chi connectivity index (χ4v) is 4.94. The van der Waals surface area contributed by atoms with Crippen LogP contribution in [0, 0.1) is 11.8 Å². The third kappa shape index (κ3) is 3.80. The van der Waals surface area contributed by atoms with Crippen molar-refractivity contribution in [3.8, 4) is 0 Å². The molecule has 0 saturated carbocycles. The number of hydrogen-bond acceptors (Lipinski definition) is 2. The first-order valence-corrected chi connectivity index (χ1v) is 10.3. The van der Waals surface area contributed by atoms with Crippen molar-refractivity contribution < 1.29 is 21.5 Å². The van der Waals surface area contributed by atoms with Gasteiger partial charge in [0.05, 0.1) is 0 Å². The van der Waals surface area contributed by atoms with E-state index in [0.717, 1.165) is 17.9 Å². The molecule has 0 aromatic rings. The standard InChI is InChI=1S/C14H28IN2/c1-12(2)16-8-4-13(5-9-16)14-6-10-17(15-3)11-7-14/h12-14H,4-11H2,1-3H3/q-1. The zero-order valence-electron chi connectivity index (χ0n) is 11.7. The molecule has 0 aromatic carbocycles. The molecule has 2 saturated heterocycles. The van der Waals surface area contributed by atoms with E-state index in [0.29, 0.717) is 21.5 Å². The summed E-state index contributed by atoms with van der Waals surface area (Å²) in [5.74, 6) is 2.10. The predicted molar refractivity (Wildman–Crippen MR) is 69.7 cm³/mol. The Morgan fingerprint density at radius 2 is 1.35 bits per heavy atom. The number of nitrogens with zero attached hydrogens (tertiary/aromatic N) is 2. The SMILES string of the molecule is C[I-]N1CCC(C2CCN(C(C)C)CC2)CC1. The van der Waals surface area contributed by atoms with E-state index in [1.165, 1.54) is 51.9 Å². The summed E-state index contributed by atoms with van der Waals surface area (Å²) in [6.07, 6.45) is 5.90. The first-order valence-electron chi connectivity index (χ1n) is 7.19. The zero-order chi connectivity index (χ0) is 12.3. The van der Waals surface area contributed by atoms with Crippen molar-refractivity contribution >= 4 is 0 Å². The molecular weight excluding hydrogens is 323 g/mol. The van der Waals surface area contributed by atoms with Gasteiger partial charge in [0.1, 0.15) is 0 Å². The summed E-state index contributed by atoms with van der Waals surface area (Å²) < 4.78 is 2.72. The average molecular weight is 351 g/mol. The van der Waals surface area contributed by atoms with Gasteiger partial charge in [-0.3, -0.25) is 0 Å². The van der Waals surface area contributed by atoms with Gasteiger partial charge in [0.15, 0.2) is 0 Å². The molecular formula is C14H28IN2-. The molecule has 3 heteroatoms. The Morgan fingerprint density at radius 3 is 1.76 bits per heavy atom. The Hall–Kier alpha value is 0.650.